The first-order chi connectivity index (χ1) is 14.4. The predicted octanol–water partition coefficient (Wildman–Crippen LogP) is 1.91. The van der Waals surface area contributed by atoms with Gasteiger partial charge in [-0.05, 0) is 17.7 Å². The molecule has 2 atom stereocenters. The number of nitrogens with zero attached hydrogens (tertiary/aromatic N) is 2. The number of fused-ring (bicyclic) bond motifs is 1. The van der Waals surface area contributed by atoms with Crippen LogP contribution >= 0.6 is 0 Å². The first-order valence-electron chi connectivity index (χ1n) is 8.74. The second-order valence-electron chi connectivity index (χ2n) is 6.24. The number of Topliss-reactive ketones (excluding diaryl/α,β-unsaturated/α-hetero) is 1. The minimum absolute atomic E-state index is 0.0623. The molecular weight excluding hydrogens is 400 g/mol. The highest BCUT2D eigenvalue weighted by Crippen LogP contribution is 2.51. The van der Waals surface area contributed by atoms with Crippen LogP contribution in [0.25, 0.3) is 0 Å². The Morgan fingerprint density at radius 1 is 0.933 bits per heavy atom. The van der Waals surface area contributed by atoms with Gasteiger partial charge in [0.15, 0.2) is 11.5 Å². The molecule has 0 aromatic heterocycles. The standard InChI is InChI=1S/C19H22N2O9/c1-25-12-9-10-11-7-8-19(30-6,16(22)13(10)15(27-3)14(12)26-2)21(18(24)29-5)20(11)17(23)28-4/h7-9,11H,1-6H3/t11-,19-/m1/s1. The van der Waals surface area contributed by atoms with Crippen LogP contribution in [0.3, 0.4) is 0 Å². The molecule has 1 aromatic carbocycles. The van der Waals surface area contributed by atoms with E-state index in [2.05, 4.69) is 0 Å². The van der Waals surface area contributed by atoms with Crippen molar-refractivity contribution in [3.63, 3.8) is 0 Å². The highest BCUT2D eigenvalue weighted by Gasteiger charge is 2.59. The van der Waals surface area contributed by atoms with E-state index in [0.29, 0.717) is 5.56 Å². The van der Waals surface area contributed by atoms with Gasteiger partial charge in [0.1, 0.15) is 6.04 Å². The quantitative estimate of drug-likeness (QED) is 0.672. The molecular formula is C19H22N2O9. The Labute approximate surface area is 172 Å². The maximum atomic E-state index is 13.8. The average Bonchev–Trinajstić information content (AvgIpc) is 2.96. The minimum atomic E-state index is -2.03. The van der Waals surface area contributed by atoms with Crippen molar-refractivity contribution < 1.29 is 42.8 Å². The fraction of sp³-hybridized carbons (Fsp3) is 0.421. The zero-order valence-electron chi connectivity index (χ0n) is 17.4. The Balaban J connectivity index is 2.44. The number of hydrogen-bond acceptors (Lipinski definition) is 9. The van der Waals surface area contributed by atoms with Gasteiger partial charge in [0, 0.05) is 7.11 Å². The van der Waals surface area contributed by atoms with Crippen molar-refractivity contribution in [2.24, 2.45) is 0 Å². The highest BCUT2D eigenvalue weighted by molar-refractivity contribution is 6.10. The summed E-state index contributed by atoms with van der Waals surface area (Å²) in [7, 11) is 7.68. The van der Waals surface area contributed by atoms with E-state index in [1.54, 1.807) is 6.08 Å². The third-order valence-corrected chi connectivity index (χ3v) is 5.05. The molecule has 11 heteroatoms. The maximum absolute atomic E-state index is 13.8. The van der Waals surface area contributed by atoms with Crippen LogP contribution < -0.4 is 14.2 Å². The Morgan fingerprint density at radius 3 is 2.07 bits per heavy atom. The SMILES string of the molecule is COC(=O)N1[C@@H]2C=C[C@@](OC)(C(=O)c3c2cc(OC)c(OC)c3OC)N1C(=O)OC. The second-order valence-corrected chi connectivity index (χ2v) is 6.24. The van der Waals surface area contributed by atoms with E-state index in [0.717, 1.165) is 24.2 Å². The number of ether oxygens (including phenoxy) is 6. The average molecular weight is 422 g/mol. The van der Waals surface area contributed by atoms with Crippen molar-refractivity contribution in [1.82, 2.24) is 10.0 Å². The van der Waals surface area contributed by atoms with Crippen molar-refractivity contribution in [2.45, 2.75) is 11.8 Å². The van der Waals surface area contributed by atoms with Crippen LogP contribution in [-0.2, 0) is 14.2 Å². The van der Waals surface area contributed by atoms with Crippen LogP contribution in [0.5, 0.6) is 17.2 Å². The fourth-order valence-electron chi connectivity index (χ4n) is 3.73. The van der Waals surface area contributed by atoms with Gasteiger partial charge in [-0.1, -0.05) is 6.08 Å². The lowest BCUT2D eigenvalue weighted by atomic mass is 9.95. The van der Waals surface area contributed by atoms with Crippen molar-refractivity contribution in [1.29, 1.82) is 0 Å². The monoisotopic (exact) mass is 422 g/mol. The van der Waals surface area contributed by atoms with Gasteiger partial charge < -0.3 is 28.4 Å². The first kappa shape index (κ1) is 21.2. The Kier molecular flexibility index (Phi) is 5.49. The molecule has 0 fully saturated rings. The third-order valence-electron chi connectivity index (χ3n) is 5.05. The molecule has 0 saturated carbocycles. The van der Waals surface area contributed by atoms with Crippen LogP contribution in [0.1, 0.15) is 22.0 Å². The normalized spacial score (nSPS) is 21.7. The lowest BCUT2D eigenvalue weighted by molar-refractivity contribution is -0.155. The van der Waals surface area contributed by atoms with Gasteiger partial charge in [-0.3, -0.25) is 4.79 Å². The van der Waals surface area contributed by atoms with Gasteiger partial charge in [-0.15, -0.1) is 0 Å². The summed E-state index contributed by atoms with van der Waals surface area (Å²) < 4.78 is 31.5. The molecule has 30 heavy (non-hydrogen) atoms. The molecule has 162 valence electrons. The molecule has 11 nitrogen and oxygen atoms in total. The number of methoxy groups -OCH3 is 6. The van der Waals surface area contributed by atoms with E-state index >= 15 is 0 Å². The number of carbonyl (C=O) groups excluding carboxylic acids is 3. The van der Waals surface area contributed by atoms with E-state index in [9.17, 15) is 14.4 Å². The molecule has 2 amide bonds. The third kappa shape index (κ3) is 2.65. The van der Waals surface area contributed by atoms with Crippen LogP contribution in [0, 0.1) is 0 Å². The first-order valence-corrected chi connectivity index (χ1v) is 8.74. The zero-order chi connectivity index (χ0) is 22.2. The number of hydrazine groups is 1. The molecule has 4 rings (SSSR count). The van der Waals surface area contributed by atoms with E-state index in [-0.39, 0.29) is 22.8 Å². The molecule has 0 radical (unpaired) electrons. The van der Waals surface area contributed by atoms with Gasteiger partial charge in [0.25, 0.3) is 0 Å². The summed E-state index contributed by atoms with van der Waals surface area (Å²) >= 11 is 0. The lowest BCUT2D eigenvalue weighted by Crippen LogP contribution is -2.65. The summed E-state index contributed by atoms with van der Waals surface area (Å²) in [5.41, 5.74) is -1.65. The van der Waals surface area contributed by atoms with Crippen LogP contribution in [0.4, 0.5) is 9.59 Å². The minimum Gasteiger partial charge on any atom is -0.493 e. The number of benzene rings is 1. The molecule has 1 aromatic rings. The molecule has 2 aliphatic heterocycles. The van der Waals surface area contributed by atoms with Crippen molar-refractivity contribution in [3.05, 3.63) is 29.3 Å². The molecule has 0 N–H and O–H groups in total. The Bertz CT molecular complexity index is 929. The zero-order valence-corrected chi connectivity index (χ0v) is 17.4. The van der Waals surface area contributed by atoms with E-state index in [1.165, 1.54) is 40.6 Å². The summed E-state index contributed by atoms with van der Waals surface area (Å²) in [6.45, 7) is 0. The van der Waals surface area contributed by atoms with Gasteiger partial charge >= 0.3 is 12.2 Å². The summed E-state index contributed by atoms with van der Waals surface area (Å²) in [6.07, 6.45) is 1.02. The Hall–Kier alpha value is -3.47. The molecule has 0 spiro atoms. The number of ketones is 1. The molecule has 1 aliphatic carbocycles. The van der Waals surface area contributed by atoms with Crippen molar-refractivity contribution >= 4 is 18.0 Å². The summed E-state index contributed by atoms with van der Waals surface area (Å²) in [6, 6.07) is 0.599. The lowest BCUT2D eigenvalue weighted by Gasteiger charge is -2.45. The molecule has 3 aliphatic rings. The largest absolute Gasteiger partial charge is 0.493 e. The van der Waals surface area contributed by atoms with Gasteiger partial charge in [-0.2, -0.15) is 10.0 Å². The van der Waals surface area contributed by atoms with E-state index < -0.39 is 29.7 Å². The van der Waals surface area contributed by atoms with Gasteiger partial charge in [0.2, 0.25) is 17.3 Å². The van der Waals surface area contributed by atoms with Crippen molar-refractivity contribution in [2.75, 3.05) is 42.7 Å². The summed E-state index contributed by atoms with van der Waals surface area (Å²) in [5.74, 6) is -0.161. The molecule has 2 bridgehead atoms. The van der Waals surface area contributed by atoms with E-state index in [4.69, 9.17) is 28.4 Å². The maximum Gasteiger partial charge on any atom is 0.432 e. The number of hydrogen-bond donors (Lipinski definition) is 0. The topological polar surface area (TPSA) is 113 Å². The molecule has 2 heterocycles. The summed E-state index contributed by atoms with van der Waals surface area (Å²) in [4.78, 5) is 39.2. The number of carbonyl (C=O) groups is 3. The van der Waals surface area contributed by atoms with Crippen molar-refractivity contribution in [3.8, 4) is 17.2 Å². The van der Waals surface area contributed by atoms with Crippen LogP contribution in [-0.4, -0.2) is 76.4 Å². The second kappa shape index (κ2) is 7.75. The number of rotatable bonds is 4. The van der Waals surface area contributed by atoms with E-state index in [1.807, 2.05) is 0 Å². The fourth-order valence-corrected chi connectivity index (χ4v) is 3.73. The van der Waals surface area contributed by atoms with Crippen LogP contribution in [0.2, 0.25) is 0 Å². The summed E-state index contributed by atoms with van der Waals surface area (Å²) in [5, 5.41) is 1.73. The smallest absolute Gasteiger partial charge is 0.432 e. The number of amides is 2. The van der Waals surface area contributed by atoms with Gasteiger partial charge in [-0.25, -0.2) is 9.59 Å². The molecule has 0 unspecified atom stereocenters. The van der Waals surface area contributed by atoms with Crippen LogP contribution in [0.15, 0.2) is 18.2 Å². The Morgan fingerprint density at radius 2 is 1.57 bits per heavy atom. The predicted molar refractivity (Wildman–Crippen MR) is 101 cm³/mol. The molecule has 0 saturated heterocycles. The highest BCUT2D eigenvalue weighted by atomic mass is 16.6. The van der Waals surface area contributed by atoms with Gasteiger partial charge in [0.05, 0.1) is 41.1 Å².